The number of para-hydroxylation sites is 2. The van der Waals surface area contributed by atoms with Crippen molar-refractivity contribution in [2.24, 2.45) is 5.92 Å². The summed E-state index contributed by atoms with van der Waals surface area (Å²) in [7, 11) is 1.57. The van der Waals surface area contributed by atoms with Crippen molar-refractivity contribution in [1.82, 2.24) is 5.32 Å². The molecule has 0 aromatic heterocycles. The molecule has 0 aliphatic heterocycles. The van der Waals surface area contributed by atoms with Gasteiger partial charge >= 0.3 is 0 Å². The summed E-state index contributed by atoms with van der Waals surface area (Å²) < 4.78 is 11.9. The van der Waals surface area contributed by atoms with Crippen LogP contribution in [0.4, 0.5) is 5.69 Å². The number of ether oxygens (including phenoxy) is 2. The number of thiocarbonyl (C=S) groups is 1. The molecule has 0 saturated carbocycles. The van der Waals surface area contributed by atoms with Gasteiger partial charge in [0.15, 0.2) is 5.11 Å². The maximum Gasteiger partial charge on any atom is 0.261 e. The van der Waals surface area contributed by atoms with Crippen LogP contribution >= 0.6 is 28.1 Å². The van der Waals surface area contributed by atoms with Crippen LogP contribution in [-0.4, -0.2) is 24.7 Å². The van der Waals surface area contributed by atoms with Gasteiger partial charge in [0, 0.05) is 4.47 Å². The van der Waals surface area contributed by atoms with Gasteiger partial charge in [-0.05, 0) is 54.9 Å². The highest BCUT2D eigenvalue weighted by Crippen LogP contribution is 2.25. The van der Waals surface area contributed by atoms with Gasteiger partial charge in [0.1, 0.15) is 11.5 Å². The molecule has 2 aromatic rings. The summed E-state index contributed by atoms with van der Waals surface area (Å²) in [6.45, 7) is 4.80. The molecule has 2 aromatic carbocycles. The van der Waals surface area contributed by atoms with E-state index in [0.29, 0.717) is 35.3 Å². The zero-order valence-corrected chi connectivity index (χ0v) is 17.9. The van der Waals surface area contributed by atoms with E-state index in [0.717, 1.165) is 10.9 Å². The Morgan fingerprint density at radius 2 is 1.93 bits per heavy atom. The van der Waals surface area contributed by atoms with Gasteiger partial charge < -0.3 is 14.8 Å². The van der Waals surface area contributed by atoms with E-state index in [1.165, 1.54) is 0 Å². The summed E-state index contributed by atoms with van der Waals surface area (Å²) >= 11 is 8.66. The monoisotopic (exact) mass is 450 g/mol. The zero-order chi connectivity index (χ0) is 19.8. The van der Waals surface area contributed by atoms with Crippen molar-refractivity contribution in [3.63, 3.8) is 0 Å². The van der Waals surface area contributed by atoms with Crippen molar-refractivity contribution in [2.75, 3.05) is 19.0 Å². The van der Waals surface area contributed by atoms with Crippen LogP contribution in [0.25, 0.3) is 0 Å². The molecule has 7 heteroatoms. The number of carbonyl (C=O) groups is 1. The minimum absolute atomic E-state index is 0.178. The fourth-order valence-corrected chi connectivity index (χ4v) is 2.85. The smallest absolute Gasteiger partial charge is 0.261 e. The summed E-state index contributed by atoms with van der Waals surface area (Å²) in [5.74, 6) is 1.34. The van der Waals surface area contributed by atoms with Gasteiger partial charge in [-0.2, -0.15) is 0 Å². The third kappa shape index (κ3) is 6.52. The molecule has 144 valence electrons. The highest BCUT2D eigenvalue weighted by atomic mass is 79.9. The van der Waals surface area contributed by atoms with Crippen molar-refractivity contribution < 1.29 is 14.3 Å². The molecule has 0 aliphatic rings. The lowest BCUT2D eigenvalue weighted by atomic mass is 10.1. The molecule has 2 N–H and O–H groups in total. The van der Waals surface area contributed by atoms with Gasteiger partial charge in [-0.15, -0.1) is 0 Å². The number of carbonyl (C=O) groups excluding carboxylic acids is 1. The molecular weight excluding hydrogens is 428 g/mol. The molecule has 2 rings (SSSR count). The average Bonchev–Trinajstić information content (AvgIpc) is 2.63. The molecule has 0 unspecified atom stereocenters. The predicted octanol–water partition coefficient (Wildman–Crippen LogP) is 5.01. The molecule has 27 heavy (non-hydrogen) atoms. The van der Waals surface area contributed by atoms with Crippen molar-refractivity contribution in [3.8, 4) is 11.5 Å². The first-order chi connectivity index (χ1) is 12.9. The molecule has 0 atom stereocenters. The van der Waals surface area contributed by atoms with E-state index < -0.39 is 0 Å². The third-order valence-electron chi connectivity index (χ3n) is 3.72. The third-order valence-corrected chi connectivity index (χ3v) is 4.42. The molecule has 0 bridgehead atoms. The lowest BCUT2D eigenvalue weighted by Crippen LogP contribution is -2.34. The van der Waals surface area contributed by atoms with E-state index in [1.807, 2.05) is 30.3 Å². The first-order valence-corrected chi connectivity index (χ1v) is 9.78. The Hall–Kier alpha value is -2.12. The first kappa shape index (κ1) is 21.2. The van der Waals surface area contributed by atoms with Gasteiger partial charge in [-0.25, -0.2) is 0 Å². The molecule has 0 fully saturated rings. The number of halogens is 1. The Kier molecular flexibility index (Phi) is 8.06. The number of hydrogen-bond donors (Lipinski definition) is 2. The Morgan fingerprint density at radius 3 is 2.63 bits per heavy atom. The Balaban J connectivity index is 2.08. The SMILES string of the molecule is COc1ccccc1NC(=S)NC(=O)c1cc(Br)ccc1OCCC(C)C. The average molecular weight is 451 g/mol. The standard InChI is InChI=1S/C20H23BrN2O3S/c1-13(2)10-11-26-17-9-8-14(21)12-15(17)19(24)23-20(27)22-16-6-4-5-7-18(16)25-3/h4-9,12-13H,10-11H2,1-3H3,(H2,22,23,24,27). The summed E-state index contributed by atoms with van der Waals surface area (Å²) in [4.78, 5) is 12.7. The minimum Gasteiger partial charge on any atom is -0.495 e. The van der Waals surface area contributed by atoms with Crippen LogP contribution in [0.5, 0.6) is 11.5 Å². The second-order valence-electron chi connectivity index (χ2n) is 6.28. The van der Waals surface area contributed by atoms with Gasteiger partial charge in [0.05, 0.1) is 25.0 Å². The van der Waals surface area contributed by atoms with Crippen LogP contribution in [0, 0.1) is 5.92 Å². The number of amides is 1. The maximum absolute atomic E-state index is 12.7. The molecule has 1 amide bonds. The summed E-state index contributed by atoms with van der Waals surface area (Å²) in [6.07, 6.45) is 0.908. The number of methoxy groups -OCH3 is 1. The maximum atomic E-state index is 12.7. The van der Waals surface area contributed by atoms with Crippen molar-refractivity contribution in [2.45, 2.75) is 20.3 Å². The normalized spacial score (nSPS) is 10.4. The molecular formula is C20H23BrN2O3S. The van der Waals surface area contributed by atoms with Gasteiger partial charge in [-0.3, -0.25) is 10.1 Å². The zero-order valence-electron chi connectivity index (χ0n) is 15.5. The van der Waals surface area contributed by atoms with Gasteiger partial charge in [-0.1, -0.05) is 41.9 Å². The molecule has 0 heterocycles. The highest BCUT2D eigenvalue weighted by Gasteiger charge is 2.15. The van der Waals surface area contributed by atoms with Crippen molar-refractivity contribution in [1.29, 1.82) is 0 Å². The topological polar surface area (TPSA) is 59.6 Å². The van der Waals surface area contributed by atoms with E-state index in [-0.39, 0.29) is 11.0 Å². The number of hydrogen-bond acceptors (Lipinski definition) is 4. The van der Waals surface area contributed by atoms with Crippen LogP contribution in [-0.2, 0) is 0 Å². The van der Waals surface area contributed by atoms with Crippen LogP contribution in [0.3, 0.4) is 0 Å². The Bertz CT molecular complexity index is 812. The second kappa shape index (κ2) is 10.3. The Labute approximate surface area is 173 Å². The molecule has 0 aliphatic carbocycles. The quantitative estimate of drug-likeness (QED) is 0.580. The molecule has 0 spiro atoms. The summed E-state index contributed by atoms with van der Waals surface area (Å²) in [6, 6.07) is 12.7. The lowest BCUT2D eigenvalue weighted by Gasteiger charge is -2.15. The van der Waals surface area contributed by atoms with Crippen LogP contribution in [0.15, 0.2) is 46.9 Å². The van der Waals surface area contributed by atoms with Gasteiger partial charge in [0.2, 0.25) is 0 Å². The van der Waals surface area contributed by atoms with E-state index >= 15 is 0 Å². The van der Waals surface area contributed by atoms with Crippen LogP contribution in [0.2, 0.25) is 0 Å². The minimum atomic E-state index is -0.344. The molecule has 0 radical (unpaired) electrons. The highest BCUT2D eigenvalue weighted by molar-refractivity contribution is 9.10. The largest absolute Gasteiger partial charge is 0.495 e. The van der Waals surface area contributed by atoms with E-state index in [9.17, 15) is 4.79 Å². The van der Waals surface area contributed by atoms with Crippen molar-refractivity contribution in [3.05, 3.63) is 52.5 Å². The van der Waals surface area contributed by atoms with Crippen LogP contribution in [0.1, 0.15) is 30.6 Å². The second-order valence-corrected chi connectivity index (χ2v) is 7.60. The summed E-state index contributed by atoms with van der Waals surface area (Å²) in [5.41, 5.74) is 1.09. The van der Waals surface area contributed by atoms with Crippen LogP contribution < -0.4 is 20.1 Å². The fraction of sp³-hybridized carbons (Fsp3) is 0.300. The number of nitrogens with one attached hydrogen (secondary N) is 2. The number of benzene rings is 2. The van der Waals surface area contributed by atoms with E-state index in [4.69, 9.17) is 21.7 Å². The molecule has 0 saturated heterocycles. The first-order valence-electron chi connectivity index (χ1n) is 8.58. The Morgan fingerprint density at radius 1 is 1.19 bits per heavy atom. The fourth-order valence-electron chi connectivity index (χ4n) is 2.28. The van der Waals surface area contributed by atoms with E-state index in [2.05, 4.69) is 40.4 Å². The van der Waals surface area contributed by atoms with Crippen molar-refractivity contribution >= 4 is 44.9 Å². The number of rotatable bonds is 7. The summed E-state index contributed by atoms with van der Waals surface area (Å²) in [5, 5.41) is 5.84. The van der Waals surface area contributed by atoms with E-state index in [1.54, 1.807) is 19.2 Å². The van der Waals surface area contributed by atoms with Gasteiger partial charge in [0.25, 0.3) is 5.91 Å². The molecule has 5 nitrogen and oxygen atoms in total. The predicted molar refractivity (Wildman–Crippen MR) is 116 cm³/mol. The number of anilines is 1. The lowest BCUT2D eigenvalue weighted by molar-refractivity contribution is 0.0973.